The summed E-state index contributed by atoms with van der Waals surface area (Å²) < 4.78 is 28.6. The number of hydrogen-bond donors (Lipinski definition) is 6. The van der Waals surface area contributed by atoms with Crippen molar-refractivity contribution in [1.82, 2.24) is 9.88 Å². The lowest BCUT2D eigenvalue weighted by atomic mass is 9.94. The minimum Gasteiger partial charge on any atom is -0.492 e. The van der Waals surface area contributed by atoms with Crippen LogP contribution in [0.2, 0.25) is 0 Å². The Bertz CT molecular complexity index is 1680. The summed E-state index contributed by atoms with van der Waals surface area (Å²) in [6.45, 7) is 1.49. The maximum atomic E-state index is 15.9. The fraction of sp³-hybridized carbons (Fsp3) is 0.433. The number of hydrogen-bond acceptors (Lipinski definition) is 11. The van der Waals surface area contributed by atoms with Crippen molar-refractivity contribution in [3.05, 3.63) is 63.7 Å². The van der Waals surface area contributed by atoms with Crippen molar-refractivity contribution in [2.75, 3.05) is 43.6 Å². The van der Waals surface area contributed by atoms with Gasteiger partial charge in [0.2, 0.25) is 5.43 Å². The summed E-state index contributed by atoms with van der Waals surface area (Å²) in [5.41, 5.74) is 0.190. The van der Waals surface area contributed by atoms with Crippen LogP contribution in [0.3, 0.4) is 0 Å². The number of fused-ring (bicyclic) bond motifs is 2. The smallest absolute Gasteiger partial charge is 0.344 e. The van der Waals surface area contributed by atoms with Crippen molar-refractivity contribution in [2.24, 2.45) is 5.92 Å². The molecule has 16 heteroatoms. The highest BCUT2D eigenvalue weighted by atomic mass is 31.2. The Morgan fingerprint density at radius 1 is 1.11 bits per heavy atom. The van der Waals surface area contributed by atoms with Gasteiger partial charge in [0.15, 0.2) is 34.9 Å². The van der Waals surface area contributed by atoms with E-state index in [9.17, 15) is 34.0 Å². The number of aromatic nitrogens is 1. The van der Waals surface area contributed by atoms with Crippen LogP contribution in [0, 0.1) is 11.7 Å². The molecule has 2 aliphatic heterocycles. The van der Waals surface area contributed by atoms with E-state index in [1.54, 1.807) is 4.57 Å². The van der Waals surface area contributed by atoms with Crippen molar-refractivity contribution in [2.45, 2.75) is 43.2 Å². The summed E-state index contributed by atoms with van der Waals surface area (Å²) in [6, 6.07) is 7.03. The number of rotatable bonds is 10. The summed E-state index contributed by atoms with van der Waals surface area (Å²) in [6.07, 6.45) is 5.14. The second-order valence-corrected chi connectivity index (χ2v) is 14.5. The number of esters is 1. The third-order valence-electron chi connectivity index (χ3n) is 8.74. The summed E-state index contributed by atoms with van der Waals surface area (Å²) in [5.74, 6) is -1.72. The number of nitrogens with one attached hydrogen (secondary N) is 2. The monoisotopic (exact) mass is 676 g/mol. The fourth-order valence-electron chi connectivity index (χ4n) is 6.45. The Morgan fingerprint density at radius 2 is 1.83 bits per heavy atom. The first kappa shape index (κ1) is 32.7. The predicted molar refractivity (Wildman–Crippen MR) is 171 cm³/mol. The summed E-state index contributed by atoms with van der Waals surface area (Å²) in [7, 11) is -3.85. The lowest BCUT2D eigenvalue weighted by molar-refractivity contribution is -0.119. The van der Waals surface area contributed by atoms with E-state index < -0.39 is 51.9 Å². The maximum absolute atomic E-state index is 15.9. The van der Waals surface area contributed by atoms with E-state index in [-0.39, 0.29) is 40.0 Å². The Hall–Kier alpha value is -3.22. The molecule has 0 radical (unpaired) electrons. The van der Waals surface area contributed by atoms with Crippen molar-refractivity contribution in [3.63, 3.8) is 0 Å². The zero-order valence-corrected chi connectivity index (χ0v) is 26.7. The minimum absolute atomic E-state index is 0.0131. The first-order valence-corrected chi connectivity index (χ1v) is 17.5. The number of carbonyl (C=O) groups is 2. The van der Waals surface area contributed by atoms with Crippen LogP contribution >= 0.6 is 16.8 Å². The molecule has 0 spiro atoms. The quantitative estimate of drug-likeness (QED) is 0.137. The number of halogens is 1. The molecule has 0 bridgehead atoms. The molecule has 1 saturated carbocycles. The van der Waals surface area contributed by atoms with Crippen molar-refractivity contribution < 1.29 is 43.0 Å². The highest BCUT2D eigenvalue weighted by Gasteiger charge is 2.38. The standard InChI is InChI=1S/C30H35FN4O9P2/c1-43-28-25-20(11-22(31)26(28)34-12-17-3-2-10-32-23(17)14-34)27(37)21(13-35(25)19-8-9-19)29(38)44-15-24(36)33-18-6-4-16(5-7-18)30(45(39)40)46(41)42/h4-7,11,13,17,19,23,30,32,39-42H,2-3,8-10,12,14-15H2,1H3,(H,33,36). The number of anilines is 2. The third kappa shape index (κ3) is 6.48. The number of carbonyl (C=O) groups excluding carboxylic acids is 2. The second kappa shape index (κ2) is 13.5. The molecule has 2 saturated heterocycles. The molecular weight excluding hydrogens is 641 g/mol. The molecule has 13 nitrogen and oxygen atoms in total. The van der Waals surface area contributed by atoms with Gasteiger partial charge in [-0.05, 0) is 61.9 Å². The fourth-order valence-corrected chi connectivity index (χ4v) is 8.07. The molecular formula is C30H35FN4O9P2. The van der Waals surface area contributed by atoms with Crippen LogP contribution in [-0.2, 0) is 9.53 Å². The van der Waals surface area contributed by atoms with E-state index >= 15 is 4.39 Å². The summed E-state index contributed by atoms with van der Waals surface area (Å²) in [5, 5.41) is 4.77. The van der Waals surface area contributed by atoms with Crippen LogP contribution in [0.5, 0.6) is 5.75 Å². The molecule has 2 atom stereocenters. The van der Waals surface area contributed by atoms with Crippen LogP contribution in [0.25, 0.3) is 10.9 Å². The van der Waals surface area contributed by atoms with Crippen LogP contribution in [0.1, 0.15) is 53.0 Å². The number of pyridine rings is 1. The van der Waals surface area contributed by atoms with E-state index in [1.165, 1.54) is 37.6 Å². The van der Waals surface area contributed by atoms with E-state index in [4.69, 9.17) is 9.47 Å². The van der Waals surface area contributed by atoms with Gasteiger partial charge in [0.05, 0.1) is 18.0 Å². The molecule has 3 heterocycles. The summed E-state index contributed by atoms with van der Waals surface area (Å²) in [4.78, 5) is 79.2. The highest BCUT2D eigenvalue weighted by molar-refractivity contribution is 7.63. The molecule has 3 aromatic rings. The topological polar surface area (TPSA) is 183 Å². The first-order valence-electron chi connectivity index (χ1n) is 14.9. The van der Waals surface area contributed by atoms with Gasteiger partial charge in [-0.15, -0.1) is 0 Å². The van der Waals surface area contributed by atoms with Gasteiger partial charge in [-0.1, -0.05) is 12.1 Å². The van der Waals surface area contributed by atoms with E-state index in [1.807, 2.05) is 4.90 Å². The number of benzene rings is 2. The van der Waals surface area contributed by atoms with Crippen molar-refractivity contribution in [3.8, 4) is 5.75 Å². The van der Waals surface area contributed by atoms with Crippen LogP contribution < -0.4 is 25.7 Å². The molecule has 6 rings (SSSR count). The zero-order valence-electron chi connectivity index (χ0n) is 24.9. The number of nitrogens with zero attached hydrogens (tertiary/aromatic N) is 2. The molecule has 6 N–H and O–H groups in total. The van der Waals surface area contributed by atoms with Gasteiger partial charge < -0.3 is 49.1 Å². The van der Waals surface area contributed by atoms with Gasteiger partial charge in [0, 0.05) is 37.1 Å². The first-order chi connectivity index (χ1) is 22.1. The third-order valence-corrected chi connectivity index (χ3v) is 11.5. The van der Waals surface area contributed by atoms with Crippen LogP contribution in [0.4, 0.5) is 15.8 Å². The predicted octanol–water partition coefficient (Wildman–Crippen LogP) is 3.06. The molecule has 2 aromatic carbocycles. The normalized spacial score (nSPS) is 19.6. The van der Waals surface area contributed by atoms with Gasteiger partial charge in [-0.25, -0.2) is 9.18 Å². The Labute approximate surface area is 265 Å². The highest BCUT2D eigenvalue weighted by Crippen LogP contribution is 2.60. The Kier molecular flexibility index (Phi) is 9.59. The Morgan fingerprint density at radius 3 is 2.46 bits per heavy atom. The van der Waals surface area contributed by atoms with Gasteiger partial charge in [0.25, 0.3) is 5.91 Å². The molecule has 3 fully saturated rings. The number of piperidine rings is 1. The molecule has 46 heavy (non-hydrogen) atoms. The average molecular weight is 677 g/mol. The lowest BCUT2D eigenvalue weighted by Crippen LogP contribution is -2.40. The average Bonchev–Trinajstić information content (AvgIpc) is 3.78. The van der Waals surface area contributed by atoms with Crippen molar-refractivity contribution >= 4 is 50.9 Å². The molecule has 2 unspecified atom stereocenters. The molecule has 3 aliphatic rings. The minimum atomic E-state index is -2.65. The number of ether oxygens (including phenoxy) is 2. The molecule has 1 aromatic heterocycles. The largest absolute Gasteiger partial charge is 0.492 e. The Balaban J connectivity index is 1.22. The van der Waals surface area contributed by atoms with Crippen LogP contribution in [0.15, 0.2) is 41.3 Å². The van der Waals surface area contributed by atoms with Gasteiger partial charge in [-0.3, -0.25) is 9.59 Å². The van der Waals surface area contributed by atoms with E-state index in [0.29, 0.717) is 30.2 Å². The SMILES string of the molecule is COc1c(N2CC3CCCNC3C2)c(F)cc2c(=O)c(C(=O)OCC(=O)Nc3ccc(C(P(O)O)P(O)O)cc3)cn(C3CC3)c12. The lowest BCUT2D eigenvalue weighted by Gasteiger charge is -2.25. The molecule has 1 aliphatic carbocycles. The van der Waals surface area contributed by atoms with Gasteiger partial charge in [0.1, 0.15) is 16.7 Å². The molecule has 1 amide bonds. The van der Waals surface area contributed by atoms with Crippen molar-refractivity contribution in [1.29, 1.82) is 0 Å². The number of methoxy groups -OCH3 is 1. The zero-order chi connectivity index (χ0) is 32.7. The van der Waals surface area contributed by atoms with Gasteiger partial charge in [-0.2, -0.15) is 0 Å². The summed E-state index contributed by atoms with van der Waals surface area (Å²) >= 11 is 0. The van der Waals surface area contributed by atoms with E-state index in [2.05, 4.69) is 10.6 Å². The van der Waals surface area contributed by atoms with E-state index in [0.717, 1.165) is 38.3 Å². The molecule has 246 valence electrons. The second-order valence-electron chi connectivity index (χ2n) is 11.8. The van der Waals surface area contributed by atoms with Crippen LogP contribution in [-0.4, -0.2) is 75.4 Å². The number of amides is 1. The van der Waals surface area contributed by atoms with Gasteiger partial charge >= 0.3 is 5.97 Å². The maximum Gasteiger partial charge on any atom is 0.344 e.